The van der Waals surface area contributed by atoms with Crippen LogP contribution in [0.15, 0.2) is 18.7 Å². The molecule has 0 radical (unpaired) electrons. The van der Waals surface area contributed by atoms with E-state index >= 15 is 0 Å². The highest BCUT2D eigenvalue weighted by molar-refractivity contribution is 5.79. The largest absolute Gasteiger partial charge is 0.494 e. The van der Waals surface area contributed by atoms with Crippen LogP contribution >= 0.6 is 0 Å². The number of carbonyl (C=O) groups excluding carboxylic acids is 1. The second-order valence-corrected chi connectivity index (χ2v) is 4.86. The van der Waals surface area contributed by atoms with Crippen molar-refractivity contribution < 1.29 is 27.8 Å². The Morgan fingerprint density at radius 1 is 1.38 bits per heavy atom. The molecule has 0 aliphatic heterocycles. The van der Waals surface area contributed by atoms with E-state index < -0.39 is 18.1 Å². The lowest BCUT2D eigenvalue weighted by atomic mass is 10.1. The molecule has 0 fully saturated rings. The van der Waals surface area contributed by atoms with Gasteiger partial charge in [0.05, 0.1) is 24.8 Å². The Morgan fingerprint density at radius 3 is 2.62 bits per heavy atom. The summed E-state index contributed by atoms with van der Waals surface area (Å²) in [4.78, 5) is 11.1. The van der Waals surface area contributed by atoms with Crippen LogP contribution in [0.1, 0.15) is 37.1 Å². The number of rotatable bonds is 7. The van der Waals surface area contributed by atoms with E-state index in [0.717, 1.165) is 0 Å². The molecule has 0 aliphatic rings. The molecule has 2 aromatic heterocycles. The van der Waals surface area contributed by atoms with Crippen LogP contribution in [0.2, 0.25) is 0 Å². The van der Waals surface area contributed by atoms with Gasteiger partial charge in [-0.05, 0) is 13.0 Å². The summed E-state index contributed by atoms with van der Waals surface area (Å²) in [6.07, 6.45) is -2.83. The van der Waals surface area contributed by atoms with Gasteiger partial charge in [0, 0.05) is 18.6 Å². The van der Waals surface area contributed by atoms with Crippen LogP contribution in [-0.2, 0) is 20.9 Å². The molecule has 6 nitrogen and oxygen atoms in total. The number of alkyl halides is 2. The van der Waals surface area contributed by atoms with Gasteiger partial charge in [-0.25, -0.2) is 8.78 Å². The number of fused-ring (bicyclic) bond motifs is 1. The number of nitrogens with zero attached hydrogens (tertiary/aromatic N) is 2. The Morgan fingerprint density at radius 2 is 2.08 bits per heavy atom. The molecular weight excluding hydrogens is 322 g/mol. The van der Waals surface area contributed by atoms with Gasteiger partial charge in [-0.1, -0.05) is 6.58 Å². The molecule has 2 heterocycles. The fraction of sp³-hybridized carbons (Fsp3) is 0.375. The van der Waals surface area contributed by atoms with Crippen molar-refractivity contribution >= 4 is 17.2 Å². The van der Waals surface area contributed by atoms with E-state index in [1.165, 1.54) is 18.5 Å². The molecule has 130 valence electrons. The van der Waals surface area contributed by atoms with Gasteiger partial charge in [-0.2, -0.15) is 9.61 Å². The van der Waals surface area contributed by atoms with E-state index in [0.29, 0.717) is 11.1 Å². The van der Waals surface area contributed by atoms with Crippen LogP contribution in [-0.4, -0.2) is 29.3 Å². The number of carbonyl (C=O) groups is 1. The van der Waals surface area contributed by atoms with E-state index in [-0.39, 0.29) is 30.4 Å². The zero-order valence-electron chi connectivity index (χ0n) is 13.6. The Bertz CT molecular complexity index is 771. The zero-order chi connectivity index (χ0) is 17.9. The Hall–Kier alpha value is -2.64. The van der Waals surface area contributed by atoms with Crippen molar-refractivity contribution in [2.75, 3.05) is 13.7 Å². The molecule has 0 aromatic carbocycles. The predicted molar refractivity (Wildman–Crippen MR) is 82.8 cm³/mol. The van der Waals surface area contributed by atoms with Gasteiger partial charge in [0.1, 0.15) is 18.1 Å². The number of ether oxygens (including phenoxy) is 3. The summed E-state index contributed by atoms with van der Waals surface area (Å²) >= 11 is 0. The number of pyridine rings is 1. The van der Waals surface area contributed by atoms with E-state index in [1.807, 2.05) is 0 Å². The van der Waals surface area contributed by atoms with Crippen LogP contribution in [0.5, 0.6) is 5.88 Å². The van der Waals surface area contributed by atoms with Crippen LogP contribution in [0, 0.1) is 0 Å². The van der Waals surface area contributed by atoms with Gasteiger partial charge in [0.25, 0.3) is 6.43 Å². The van der Waals surface area contributed by atoms with Crippen molar-refractivity contribution in [1.29, 1.82) is 0 Å². The van der Waals surface area contributed by atoms with Crippen molar-refractivity contribution in [1.82, 2.24) is 9.61 Å². The van der Waals surface area contributed by atoms with Crippen LogP contribution < -0.4 is 4.74 Å². The van der Waals surface area contributed by atoms with Gasteiger partial charge in [0.15, 0.2) is 0 Å². The molecule has 0 bridgehead atoms. The van der Waals surface area contributed by atoms with E-state index in [9.17, 15) is 13.6 Å². The average molecular weight is 340 g/mol. The summed E-state index contributed by atoms with van der Waals surface area (Å²) in [5.74, 6) is -0.156. The minimum atomic E-state index is -2.83. The second-order valence-electron chi connectivity index (χ2n) is 4.86. The smallest absolute Gasteiger partial charge is 0.302 e. The SMILES string of the molecule is C=C(OCC)c1c(C(F)F)nn2c(OC)ccc(COC(C)=O)c12. The first-order valence-corrected chi connectivity index (χ1v) is 7.22. The van der Waals surface area contributed by atoms with E-state index in [2.05, 4.69) is 11.7 Å². The fourth-order valence-electron chi connectivity index (χ4n) is 2.34. The lowest BCUT2D eigenvalue weighted by molar-refractivity contribution is -0.142. The topological polar surface area (TPSA) is 62.1 Å². The van der Waals surface area contributed by atoms with Crippen LogP contribution in [0.25, 0.3) is 11.3 Å². The van der Waals surface area contributed by atoms with Crippen molar-refractivity contribution in [3.63, 3.8) is 0 Å². The zero-order valence-corrected chi connectivity index (χ0v) is 13.6. The van der Waals surface area contributed by atoms with E-state index in [1.54, 1.807) is 19.1 Å². The third kappa shape index (κ3) is 3.32. The molecule has 0 saturated carbocycles. The van der Waals surface area contributed by atoms with Crippen LogP contribution in [0.4, 0.5) is 8.78 Å². The van der Waals surface area contributed by atoms with Gasteiger partial charge < -0.3 is 14.2 Å². The van der Waals surface area contributed by atoms with Crippen LogP contribution in [0.3, 0.4) is 0 Å². The quantitative estimate of drug-likeness (QED) is 0.571. The molecule has 2 aromatic rings. The summed E-state index contributed by atoms with van der Waals surface area (Å²) in [5.41, 5.74) is 0.403. The summed E-state index contributed by atoms with van der Waals surface area (Å²) in [6, 6.07) is 3.18. The van der Waals surface area contributed by atoms with E-state index in [4.69, 9.17) is 14.2 Å². The highest BCUT2D eigenvalue weighted by Gasteiger charge is 2.26. The molecule has 0 spiro atoms. The molecule has 0 aliphatic carbocycles. The maximum absolute atomic E-state index is 13.4. The molecule has 24 heavy (non-hydrogen) atoms. The lowest BCUT2D eigenvalue weighted by Crippen LogP contribution is -2.04. The van der Waals surface area contributed by atoms with Crippen molar-refractivity contribution in [2.24, 2.45) is 0 Å². The molecule has 2 rings (SSSR count). The first kappa shape index (κ1) is 17.7. The third-order valence-corrected chi connectivity index (χ3v) is 3.30. The highest BCUT2D eigenvalue weighted by atomic mass is 19.3. The predicted octanol–water partition coefficient (Wildman–Crippen LogP) is 3.35. The number of hydrogen-bond donors (Lipinski definition) is 0. The number of hydrogen-bond acceptors (Lipinski definition) is 5. The Balaban J connectivity index is 2.74. The third-order valence-electron chi connectivity index (χ3n) is 3.30. The summed E-state index contributed by atoms with van der Waals surface area (Å²) in [7, 11) is 1.40. The highest BCUT2D eigenvalue weighted by Crippen LogP contribution is 2.34. The maximum atomic E-state index is 13.4. The number of aromatic nitrogens is 2. The molecular formula is C16H18F2N2O4. The molecule has 0 unspecified atom stereocenters. The molecule has 0 saturated heterocycles. The maximum Gasteiger partial charge on any atom is 0.302 e. The van der Waals surface area contributed by atoms with Crippen molar-refractivity contribution in [2.45, 2.75) is 26.9 Å². The lowest BCUT2D eigenvalue weighted by Gasteiger charge is -2.11. The molecule has 0 amide bonds. The number of halogens is 2. The minimum absolute atomic E-state index is 0.0696. The Kier molecular flexibility index (Phi) is 5.38. The number of esters is 1. The first-order valence-electron chi connectivity index (χ1n) is 7.22. The normalized spacial score (nSPS) is 10.9. The minimum Gasteiger partial charge on any atom is -0.494 e. The molecule has 8 heteroatoms. The standard InChI is InChI=1S/C16H18F2N2O4/c1-5-23-9(2)13-14(16(17)18)19-20-12(22-4)7-6-11(15(13)20)8-24-10(3)21/h6-7,16H,2,5,8H2,1,3-4H3. The monoisotopic (exact) mass is 340 g/mol. The van der Waals surface area contributed by atoms with Gasteiger partial charge in [-0.15, -0.1) is 0 Å². The van der Waals surface area contributed by atoms with Gasteiger partial charge in [-0.3, -0.25) is 4.79 Å². The summed E-state index contributed by atoms with van der Waals surface area (Å²) in [6.45, 7) is 6.87. The van der Waals surface area contributed by atoms with Crippen molar-refractivity contribution in [3.05, 3.63) is 35.5 Å². The van der Waals surface area contributed by atoms with Crippen molar-refractivity contribution in [3.8, 4) is 5.88 Å². The average Bonchev–Trinajstić information content (AvgIpc) is 2.93. The number of methoxy groups -OCH3 is 1. The molecule has 0 N–H and O–H groups in total. The summed E-state index contributed by atoms with van der Waals surface area (Å²) in [5, 5.41) is 3.93. The Labute approximate surface area is 137 Å². The fourth-order valence-corrected chi connectivity index (χ4v) is 2.34. The van der Waals surface area contributed by atoms with Gasteiger partial charge in [0.2, 0.25) is 5.88 Å². The summed E-state index contributed by atoms with van der Waals surface area (Å²) < 4.78 is 43.6. The van der Waals surface area contributed by atoms with Gasteiger partial charge >= 0.3 is 5.97 Å². The first-order chi connectivity index (χ1) is 11.4. The second kappa shape index (κ2) is 7.29. The molecule has 0 atom stereocenters.